The molecule has 0 bridgehead atoms. The van der Waals surface area contributed by atoms with Crippen molar-refractivity contribution in [2.45, 2.75) is 11.8 Å². The Labute approximate surface area is 154 Å². The number of anilines is 1. The number of benzene rings is 2. The molecule has 0 aliphatic heterocycles. The number of hydrogen-bond donors (Lipinski definition) is 1. The molecule has 0 spiro atoms. The topological polar surface area (TPSA) is 75.7 Å². The average Bonchev–Trinajstić information content (AvgIpc) is 2.64. The number of methoxy groups -OCH3 is 1. The van der Waals surface area contributed by atoms with Crippen molar-refractivity contribution in [1.82, 2.24) is 4.31 Å². The van der Waals surface area contributed by atoms with Crippen molar-refractivity contribution in [3.8, 4) is 5.75 Å². The van der Waals surface area contributed by atoms with E-state index < -0.39 is 44.8 Å². The molecule has 0 aromatic heterocycles. The molecule has 0 heterocycles. The third-order valence-corrected chi connectivity index (χ3v) is 5.60. The molecule has 1 N–H and O–H groups in total. The minimum atomic E-state index is -4.55. The predicted octanol–water partition coefficient (Wildman–Crippen LogP) is 2.76. The van der Waals surface area contributed by atoms with Crippen LogP contribution in [0.2, 0.25) is 0 Å². The molecule has 0 aliphatic rings. The van der Waals surface area contributed by atoms with Gasteiger partial charge < -0.3 is 10.1 Å². The van der Waals surface area contributed by atoms with Gasteiger partial charge in [0, 0.05) is 12.2 Å². The number of likely N-dealkylation sites (N-methyl/N-ethyl adjacent to an activating group) is 1. The Morgan fingerprint density at radius 2 is 1.70 bits per heavy atom. The van der Waals surface area contributed by atoms with E-state index >= 15 is 0 Å². The van der Waals surface area contributed by atoms with Gasteiger partial charge in [-0.2, -0.15) is 4.31 Å². The second-order valence-electron chi connectivity index (χ2n) is 5.38. The number of carbonyl (C=O) groups excluding carboxylic acids is 1. The van der Waals surface area contributed by atoms with Crippen LogP contribution in [0.3, 0.4) is 0 Å². The Morgan fingerprint density at radius 3 is 2.26 bits per heavy atom. The summed E-state index contributed by atoms with van der Waals surface area (Å²) in [6, 6.07) is 7.43. The van der Waals surface area contributed by atoms with Crippen LogP contribution < -0.4 is 10.1 Å². The zero-order chi connectivity index (χ0) is 20.2. The normalized spacial score (nSPS) is 11.5. The van der Waals surface area contributed by atoms with Crippen LogP contribution in [0.1, 0.15) is 6.92 Å². The summed E-state index contributed by atoms with van der Waals surface area (Å²) in [6.07, 6.45) is 0. The van der Waals surface area contributed by atoms with Crippen molar-refractivity contribution in [1.29, 1.82) is 0 Å². The maximum atomic E-state index is 13.9. The molecule has 6 nitrogen and oxygen atoms in total. The van der Waals surface area contributed by atoms with Crippen LogP contribution in [0, 0.1) is 17.5 Å². The van der Waals surface area contributed by atoms with E-state index in [9.17, 15) is 26.4 Å². The summed E-state index contributed by atoms with van der Waals surface area (Å²) in [7, 11) is -3.07. The van der Waals surface area contributed by atoms with E-state index in [-0.39, 0.29) is 6.54 Å². The van der Waals surface area contributed by atoms with Crippen LogP contribution in [0.15, 0.2) is 41.3 Å². The molecule has 2 aromatic carbocycles. The maximum absolute atomic E-state index is 13.9. The summed E-state index contributed by atoms with van der Waals surface area (Å²) >= 11 is 0. The molecule has 146 valence electrons. The molecule has 0 aliphatic carbocycles. The number of hydrogen-bond acceptors (Lipinski definition) is 4. The van der Waals surface area contributed by atoms with E-state index in [1.807, 2.05) is 0 Å². The molecule has 0 unspecified atom stereocenters. The van der Waals surface area contributed by atoms with E-state index in [1.54, 1.807) is 24.3 Å². The van der Waals surface area contributed by atoms with Crippen molar-refractivity contribution >= 4 is 21.6 Å². The summed E-state index contributed by atoms with van der Waals surface area (Å²) < 4.78 is 71.0. The number of halogens is 3. The summed E-state index contributed by atoms with van der Waals surface area (Å²) in [6.45, 7) is 0.607. The molecule has 2 rings (SSSR count). The highest BCUT2D eigenvalue weighted by atomic mass is 32.2. The lowest BCUT2D eigenvalue weighted by Gasteiger charge is -2.20. The first-order chi connectivity index (χ1) is 12.7. The van der Waals surface area contributed by atoms with E-state index in [0.717, 1.165) is 0 Å². The van der Waals surface area contributed by atoms with Crippen molar-refractivity contribution in [2.24, 2.45) is 0 Å². The predicted molar refractivity (Wildman–Crippen MR) is 92.4 cm³/mol. The molecule has 1 amide bonds. The monoisotopic (exact) mass is 402 g/mol. The highest BCUT2D eigenvalue weighted by molar-refractivity contribution is 7.89. The molecule has 0 atom stereocenters. The SMILES string of the molecule is CCN(CC(=O)Nc1ccc(OC)cc1)S(=O)(=O)c1ccc(F)c(F)c1F. The highest BCUT2D eigenvalue weighted by Crippen LogP contribution is 2.23. The van der Waals surface area contributed by atoms with E-state index in [2.05, 4.69) is 5.32 Å². The lowest BCUT2D eigenvalue weighted by Crippen LogP contribution is -2.38. The minimum Gasteiger partial charge on any atom is -0.497 e. The molecule has 27 heavy (non-hydrogen) atoms. The number of sulfonamides is 1. The summed E-state index contributed by atoms with van der Waals surface area (Å²) in [5.41, 5.74) is 0.397. The second-order valence-corrected chi connectivity index (χ2v) is 7.29. The van der Waals surface area contributed by atoms with Crippen LogP contribution in [0.25, 0.3) is 0 Å². The molecule has 0 fully saturated rings. The Hall–Kier alpha value is -2.59. The number of amides is 1. The number of nitrogens with zero attached hydrogens (tertiary/aromatic N) is 1. The van der Waals surface area contributed by atoms with Crippen molar-refractivity contribution in [2.75, 3.05) is 25.5 Å². The molecule has 0 saturated carbocycles. The molecular formula is C17H17F3N2O4S. The largest absolute Gasteiger partial charge is 0.497 e. The Balaban J connectivity index is 2.19. The van der Waals surface area contributed by atoms with Gasteiger partial charge in [0.2, 0.25) is 15.9 Å². The quantitative estimate of drug-likeness (QED) is 0.723. The summed E-state index contributed by atoms with van der Waals surface area (Å²) in [5, 5.41) is 2.49. The van der Waals surface area contributed by atoms with Gasteiger partial charge in [0.05, 0.1) is 13.7 Å². The van der Waals surface area contributed by atoms with E-state index in [4.69, 9.17) is 4.74 Å². The van der Waals surface area contributed by atoms with Gasteiger partial charge in [-0.1, -0.05) is 6.92 Å². The Kier molecular flexibility index (Phi) is 6.45. The van der Waals surface area contributed by atoms with Crippen LogP contribution in [-0.2, 0) is 14.8 Å². The first kappa shape index (κ1) is 20.7. The molecule has 10 heteroatoms. The fourth-order valence-electron chi connectivity index (χ4n) is 2.25. The van der Waals surface area contributed by atoms with Crippen LogP contribution in [0.4, 0.5) is 18.9 Å². The van der Waals surface area contributed by atoms with Gasteiger partial charge in [0.1, 0.15) is 10.6 Å². The second kappa shape index (κ2) is 8.40. The lowest BCUT2D eigenvalue weighted by molar-refractivity contribution is -0.116. The van der Waals surface area contributed by atoms with E-state index in [1.165, 1.54) is 14.0 Å². The molecule has 0 radical (unpaired) electrons. The third-order valence-electron chi connectivity index (χ3n) is 3.66. The van der Waals surface area contributed by atoms with Crippen LogP contribution in [0.5, 0.6) is 5.75 Å². The Morgan fingerprint density at radius 1 is 1.07 bits per heavy atom. The number of nitrogens with one attached hydrogen (secondary N) is 1. The van der Waals surface area contributed by atoms with Gasteiger partial charge in [0.25, 0.3) is 0 Å². The van der Waals surface area contributed by atoms with Gasteiger partial charge in [-0.05, 0) is 36.4 Å². The standard InChI is InChI=1S/C17H17F3N2O4S/c1-3-22(10-15(23)21-11-4-6-12(26-2)7-5-11)27(24,25)14-9-8-13(18)16(19)17(14)20/h4-9H,3,10H2,1-2H3,(H,21,23). The zero-order valence-electron chi connectivity index (χ0n) is 14.5. The summed E-state index contributed by atoms with van der Waals surface area (Å²) in [4.78, 5) is 11.1. The average molecular weight is 402 g/mol. The fourth-order valence-corrected chi connectivity index (χ4v) is 3.71. The first-order valence-electron chi connectivity index (χ1n) is 7.78. The smallest absolute Gasteiger partial charge is 0.246 e. The Bertz CT molecular complexity index is 934. The van der Waals surface area contributed by atoms with Crippen molar-refractivity contribution < 1.29 is 31.1 Å². The van der Waals surface area contributed by atoms with Crippen molar-refractivity contribution in [3.05, 3.63) is 53.8 Å². The van der Waals surface area contributed by atoms with E-state index in [0.29, 0.717) is 27.9 Å². The number of ether oxygens (including phenoxy) is 1. The minimum absolute atomic E-state index is 0.184. The highest BCUT2D eigenvalue weighted by Gasteiger charge is 2.30. The summed E-state index contributed by atoms with van der Waals surface area (Å²) in [5.74, 6) is -5.35. The molecule has 0 saturated heterocycles. The lowest BCUT2D eigenvalue weighted by atomic mass is 10.3. The van der Waals surface area contributed by atoms with Gasteiger partial charge in [0.15, 0.2) is 17.5 Å². The van der Waals surface area contributed by atoms with Crippen LogP contribution in [-0.4, -0.2) is 38.8 Å². The first-order valence-corrected chi connectivity index (χ1v) is 9.22. The third kappa shape index (κ3) is 4.58. The number of rotatable bonds is 7. The number of carbonyl (C=O) groups is 1. The zero-order valence-corrected chi connectivity index (χ0v) is 15.3. The maximum Gasteiger partial charge on any atom is 0.246 e. The van der Waals surface area contributed by atoms with Gasteiger partial charge in [-0.15, -0.1) is 0 Å². The molecule has 2 aromatic rings. The molecular weight excluding hydrogens is 385 g/mol. The van der Waals surface area contributed by atoms with Crippen LogP contribution >= 0.6 is 0 Å². The van der Waals surface area contributed by atoms with Gasteiger partial charge in [-0.25, -0.2) is 21.6 Å². The van der Waals surface area contributed by atoms with Gasteiger partial charge in [-0.3, -0.25) is 4.79 Å². The fraction of sp³-hybridized carbons (Fsp3) is 0.235. The van der Waals surface area contributed by atoms with Crippen molar-refractivity contribution in [3.63, 3.8) is 0 Å². The van der Waals surface area contributed by atoms with Gasteiger partial charge >= 0.3 is 0 Å².